The molecular formula is C13H14N2O4S. The number of hydrogen-bond acceptors (Lipinski definition) is 5. The monoisotopic (exact) mass is 294 g/mol. The lowest BCUT2D eigenvalue weighted by Crippen LogP contribution is -2.66. The summed E-state index contributed by atoms with van der Waals surface area (Å²) < 4.78 is 28.5. The SMILES string of the molecule is COc1cc(CN2C(=O)C(C)(C)S2(=O)=O)ccc1C#N. The molecule has 0 radical (unpaired) electrons. The molecule has 1 aromatic rings. The quantitative estimate of drug-likeness (QED) is 0.830. The molecular weight excluding hydrogens is 280 g/mol. The van der Waals surface area contributed by atoms with Crippen LogP contribution in [0, 0.1) is 11.3 Å². The number of carbonyl (C=O) groups excluding carboxylic acids is 1. The second-order valence-corrected chi connectivity index (χ2v) is 7.39. The fourth-order valence-corrected chi connectivity index (χ4v) is 3.52. The van der Waals surface area contributed by atoms with E-state index >= 15 is 0 Å². The molecule has 106 valence electrons. The molecule has 1 saturated heterocycles. The van der Waals surface area contributed by atoms with Gasteiger partial charge in [-0.25, -0.2) is 12.7 Å². The van der Waals surface area contributed by atoms with E-state index in [1.807, 2.05) is 6.07 Å². The van der Waals surface area contributed by atoms with E-state index in [1.54, 1.807) is 12.1 Å². The number of rotatable bonds is 3. The van der Waals surface area contributed by atoms with Gasteiger partial charge in [0.25, 0.3) is 15.9 Å². The van der Waals surface area contributed by atoms with E-state index in [1.165, 1.54) is 27.0 Å². The molecule has 0 aliphatic carbocycles. The number of nitrogens with zero attached hydrogens (tertiary/aromatic N) is 2. The van der Waals surface area contributed by atoms with Gasteiger partial charge >= 0.3 is 0 Å². The highest BCUT2D eigenvalue weighted by molar-refractivity contribution is 7.94. The van der Waals surface area contributed by atoms with Gasteiger partial charge in [-0.15, -0.1) is 0 Å². The summed E-state index contributed by atoms with van der Waals surface area (Å²) in [4.78, 5) is 11.8. The predicted octanol–water partition coefficient (Wildman–Crippen LogP) is 1.02. The Morgan fingerprint density at radius 2 is 2.05 bits per heavy atom. The highest BCUT2D eigenvalue weighted by atomic mass is 32.2. The lowest BCUT2D eigenvalue weighted by Gasteiger charge is -2.43. The molecule has 0 unspecified atom stereocenters. The molecule has 20 heavy (non-hydrogen) atoms. The maximum Gasteiger partial charge on any atom is 0.259 e. The van der Waals surface area contributed by atoms with Crippen molar-refractivity contribution in [1.29, 1.82) is 5.26 Å². The molecule has 0 spiro atoms. The molecule has 2 rings (SSSR count). The first kappa shape index (κ1) is 14.3. The van der Waals surface area contributed by atoms with Crippen LogP contribution in [0.2, 0.25) is 0 Å². The van der Waals surface area contributed by atoms with Crippen LogP contribution < -0.4 is 4.74 Å². The van der Waals surface area contributed by atoms with Crippen molar-refractivity contribution in [3.63, 3.8) is 0 Å². The molecule has 1 amide bonds. The first-order valence-corrected chi connectivity index (χ1v) is 7.33. The van der Waals surface area contributed by atoms with Gasteiger partial charge in [0.1, 0.15) is 11.8 Å². The largest absolute Gasteiger partial charge is 0.495 e. The van der Waals surface area contributed by atoms with Crippen molar-refractivity contribution in [1.82, 2.24) is 4.31 Å². The van der Waals surface area contributed by atoms with E-state index in [0.717, 1.165) is 4.31 Å². The van der Waals surface area contributed by atoms with Crippen LogP contribution in [-0.2, 0) is 21.4 Å². The number of amides is 1. The third-order valence-electron chi connectivity index (χ3n) is 3.39. The van der Waals surface area contributed by atoms with E-state index in [-0.39, 0.29) is 6.54 Å². The smallest absolute Gasteiger partial charge is 0.259 e. The maximum atomic E-state index is 12.0. The van der Waals surface area contributed by atoms with Crippen molar-refractivity contribution in [2.75, 3.05) is 7.11 Å². The Bertz CT molecular complexity index is 716. The van der Waals surface area contributed by atoms with E-state index in [4.69, 9.17) is 10.00 Å². The average Bonchev–Trinajstić information content (AvgIpc) is 2.43. The van der Waals surface area contributed by atoms with Crippen LogP contribution >= 0.6 is 0 Å². The Hall–Kier alpha value is -2.07. The van der Waals surface area contributed by atoms with Crippen LogP contribution in [0.3, 0.4) is 0 Å². The zero-order chi connectivity index (χ0) is 15.1. The Balaban J connectivity index is 2.29. The summed E-state index contributed by atoms with van der Waals surface area (Å²) in [5, 5.41) is 8.88. The molecule has 7 heteroatoms. The highest BCUT2D eigenvalue weighted by Gasteiger charge is 2.59. The summed E-state index contributed by atoms with van der Waals surface area (Å²) in [6.07, 6.45) is 0. The fraction of sp³-hybridized carbons (Fsp3) is 0.385. The number of sulfonamides is 1. The summed E-state index contributed by atoms with van der Waals surface area (Å²) in [6.45, 7) is 2.73. The fourth-order valence-electron chi connectivity index (χ4n) is 2.01. The van der Waals surface area contributed by atoms with Crippen LogP contribution in [0.1, 0.15) is 25.0 Å². The van der Waals surface area contributed by atoms with Crippen molar-refractivity contribution < 1.29 is 17.9 Å². The van der Waals surface area contributed by atoms with Gasteiger partial charge in [-0.05, 0) is 31.5 Å². The molecule has 0 bridgehead atoms. The van der Waals surface area contributed by atoms with Crippen molar-refractivity contribution in [2.24, 2.45) is 0 Å². The minimum atomic E-state index is -3.61. The Kier molecular flexibility index (Phi) is 3.22. The lowest BCUT2D eigenvalue weighted by molar-refractivity contribution is -0.132. The minimum Gasteiger partial charge on any atom is -0.495 e. The topological polar surface area (TPSA) is 87.5 Å². The normalized spacial score (nSPS) is 19.1. The second kappa shape index (κ2) is 4.49. The standard InChI is InChI=1S/C13H14N2O4S/c1-13(2)12(16)15(20(13,17)18)8-9-4-5-10(7-14)11(6-9)19-3/h4-6H,8H2,1-3H3. The Labute approximate surface area is 117 Å². The number of ether oxygens (including phenoxy) is 1. The Morgan fingerprint density at radius 3 is 2.55 bits per heavy atom. The Morgan fingerprint density at radius 1 is 1.40 bits per heavy atom. The summed E-state index contributed by atoms with van der Waals surface area (Å²) in [5.41, 5.74) is 0.947. The van der Waals surface area contributed by atoms with E-state index < -0.39 is 20.7 Å². The number of methoxy groups -OCH3 is 1. The van der Waals surface area contributed by atoms with Gasteiger partial charge in [-0.3, -0.25) is 4.79 Å². The molecule has 1 aromatic carbocycles. The van der Waals surface area contributed by atoms with Gasteiger partial charge in [-0.2, -0.15) is 5.26 Å². The van der Waals surface area contributed by atoms with Crippen molar-refractivity contribution in [2.45, 2.75) is 25.1 Å². The molecule has 1 fully saturated rings. The first-order chi connectivity index (χ1) is 9.25. The molecule has 6 nitrogen and oxygen atoms in total. The van der Waals surface area contributed by atoms with Crippen LogP contribution in [-0.4, -0.2) is 30.5 Å². The van der Waals surface area contributed by atoms with Crippen LogP contribution in [0.4, 0.5) is 0 Å². The molecule has 1 aliphatic heterocycles. The predicted molar refractivity (Wildman–Crippen MR) is 71.3 cm³/mol. The van der Waals surface area contributed by atoms with Gasteiger partial charge in [-0.1, -0.05) is 6.07 Å². The molecule has 0 N–H and O–H groups in total. The van der Waals surface area contributed by atoms with Crippen molar-refractivity contribution in [3.8, 4) is 11.8 Å². The first-order valence-electron chi connectivity index (χ1n) is 5.89. The third kappa shape index (κ3) is 1.84. The molecule has 1 aliphatic rings. The van der Waals surface area contributed by atoms with E-state index in [0.29, 0.717) is 16.9 Å². The zero-order valence-corrected chi connectivity index (χ0v) is 12.2. The summed E-state index contributed by atoms with van der Waals surface area (Å²) in [5.74, 6) is -0.0737. The number of hydrogen-bond donors (Lipinski definition) is 0. The van der Waals surface area contributed by atoms with Crippen LogP contribution in [0.25, 0.3) is 0 Å². The van der Waals surface area contributed by atoms with Crippen LogP contribution in [0.5, 0.6) is 5.75 Å². The van der Waals surface area contributed by atoms with Gasteiger partial charge < -0.3 is 4.74 Å². The zero-order valence-electron chi connectivity index (χ0n) is 11.4. The van der Waals surface area contributed by atoms with E-state index in [9.17, 15) is 13.2 Å². The highest BCUT2D eigenvalue weighted by Crippen LogP contribution is 2.36. The van der Waals surface area contributed by atoms with Crippen molar-refractivity contribution >= 4 is 15.9 Å². The molecule has 0 atom stereocenters. The van der Waals surface area contributed by atoms with Crippen LogP contribution in [0.15, 0.2) is 18.2 Å². The number of carbonyl (C=O) groups is 1. The molecule has 1 heterocycles. The lowest BCUT2D eigenvalue weighted by atomic mass is 10.1. The molecule has 0 saturated carbocycles. The minimum absolute atomic E-state index is 0.0489. The molecule has 0 aromatic heterocycles. The summed E-state index contributed by atoms with van der Waals surface area (Å²) >= 11 is 0. The van der Waals surface area contributed by atoms with Gasteiger partial charge in [0.15, 0.2) is 4.75 Å². The average molecular weight is 294 g/mol. The number of nitriles is 1. The number of benzene rings is 1. The van der Waals surface area contributed by atoms with E-state index in [2.05, 4.69) is 0 Å². The van der Waals surface area contributed by atoms with Gasteiger partial charge in [0.05, 0.1) is 19.2 Å². The van der Waals surface area contributed by atoms with Gasteiger partial charge in [0.2, 0.25) is 0 Å². The second-order valence-electron chi connectivity index (χ2n) is 4.97. The third-order valence-corrected chi connectivity index (χ3v) is 5.73. The van der Waals surface area contributed by atoms with Gasteiger partial charge in [0, 0.05) is 0 Å². The van der Waals surface area contributed by atoms with Crippen molar-refractivity contribution in [3.05, 3.63) is 29.3 Å². The summed E-state index contributed by atoms with van der Waals surface area (Å²) in [6, 6.07) is 6.68. The summed E-state index contributed by atoms with van der Waals surface area (Å²) in [7, 11) is -2.18. The maximum absolute atomic E-state index is 12.0.